The number of benzene rings is 1. The van der Waals surface area contributed by atoms with Crippen molar-refractivity contribution in [3.63, 3.8) is 0 Å². The van der Waals surface area contributed by atoms with Gasteiger partial charge in [0.2, 0.25) is 0 Å². The Hall–Kier alpha value is -2.93. The number of ether oxygens (including phenoxy) is 2. The number of methoxy groups -OCH3 is 1. The molecule has 0 saturated carbocycles. The molecule has 1 aliphatic rings. The predicted octanol–water partition coefficient (Wildman–Crippen LogP) is 2.94. The molecular weight excluding hydrogens is 370 g/mol. The Labute approximate surface area is 171 Å². The Bertz CT molecular complexity index is 841. The van der Waals surface area contributed by atoms with Crippen molar-refractivity contribution in [1.82, 2.24) is 9.88 Å². The summed E-state index contributed by atoms with van der Waals surface area (Å²) in [6, 6.07) is 9.03. The zero-order valence-electron chi connectivity index (χ0n) is 16.9. The molecule has 1 aromatic heterocycles. The van der Waals surface area contributed by atoms with Gasteiger partial charge in [-0.05, 0) is 55.6 Å². The summed E-state index contributed by atoms with van der Waals surface area (Å²) in [5, 5.41) is 2.75. The fourth-order valence-corrected chi connectivity index (χ4v) is 3.51. The number of anilines is 1. The largest absolute Gasteiger partial charge is 0.495 e. The number of nitrogens with one attached hydrogen (secondary N) is 1. The van der Waals surface area contributed by atoms with E-state index < -0.39 is 5.91 Å². The first-order valence-electron chi connectivity index (χ1n) is 9.81. The molecule has 0 aliphatic carbocycles. The van der Waals surface area contributed by atoms with Crippen molar-refractivity contribution in [2.75, 3.05) is 25.6 Å². The molecule has 2 heterocycles. The van der Waals surface area contributed by atoms with E-state index >= 15 is 0 Å². The minimum Gasteiger partial charge on any atom is -0.495 e. The van der Waals surface area contributed by atoms with Gasteiger partial charge in [0.1, 0.15) is 11.8 Å². The fourth-order valence-electron chi connectivity index (χ4n) is 3.51. The maximum Gasteiger partial charge on any atom is 0.323 e. The second-order valence-electron chi connectivity index (χ2n) is 7.20. The van der Waals surface area contributed by atoms with Crippen molar-refractivity contribution in [1.29, 1.82) is 0 Å². The standard InChI is InChI=1S/C22H27N3O4/c1-16-8-9-20(28-2)18(12-16)24-21(26)15-29-22(27)19-7-3-4-11-25(19)14-17-6-5-10-23-13-17/h5-6,8-10,12-13,19H,3-4,7,11,14-15H2,1-2H3,(H,24,26). The van der Waals surface area contributed by atoms with Crippen molar-refractivity contribution in [3.05, 3.63) is 53.9 Å². The molecule has 1 unspecified atom stereocenters. The normalized spacial score (nSPS) is 16.8. The number of esters is 1. The lowest BCUT2D eigenvalue weighted by Gasteiger charge is -2.33. The van der Waals surface area contributed by atoms with Gasteiger partial charge in [-0.15, -0.1) is 0 Å². The predicted molar refractivity (Wildman–Crippen MR) is 110 cm³/mol. The van der Waals surface area contributed by atoms with Gasteiger partial charge in [-0.2, -0.15) is 0 Å². The molecule has 0 spiro atoms. The monoisotopic (exact) mass is 397 g/mol. The molecular formula is C22H27N3O4. The van der Waals surface area contributed by atoms with Crippen LogP contribution in [0.1, 0.15) is 30.4 Å². The van der Waals surface area contributed by atoms with Gasteiger partial charge < -0.3 is 14.8 Å². The van der Waals surface area contributed by atoms with E-state index in [0.717, 1.165) is 36.9 Å². The number of likely N-dealkylation sites (tertiary alicyclic amines) is 1. The van der Waals surface area contributed by atoms with Gasteiger partial charge in [-0.3, -0.25) is 19.5 Å². The zero-order valence-corrected chi connectivity index (χ0v) is 16.9. The molecule has 1 amide bonds. The van der Waals surface area contributed by atoms with Gasteiger partial charge in [0.25, 0.3) is 5.91 Å². The first-order chi connectivity index (χ1) is 14.1. The van der Waals surface area contributed by atoms with Crippen molar-refractivity contribution >= 4 is 17.6 Å². The van der Waals surface area contributed by atoms with Crippen molar-refractivity contribution < 1.29 is 19.1 Å². The van der Waals surface area contributed by atoms with E-state index in [1.54, 1.807) is 25.6 Å². The minimum atomic E-state index is -0.392. The number of hydrogen-bond acceptors (Lipinski definition) is 6. The van der Waals surface area contributed by atoms with Gasteiger partial charge in [0, 0.05) is 18.9 Å². The third kappa shape index (κ3) is 5.77. The Balaban J connectivity index is 1.56. The van der Waals surface area contributed by atoms with Crippen LogP contribution in [0, 0.1) is 6.92 Å². The van der Waals surface area contributed by atoms with Crippen molar-refractivity contribution in [2.45, 2.75) is 38.8 Å². The van der Waals surface area contributed by atoms with Crippen LogP contribution >= 0.6 is 0 Å². The van der Waals surface area contributed by atoms with Crippen LogP contribution in [0.2, 0.25) is 0 Å². The van der Waals surface area contributed by atoms with Crippen LogP contribution in [-0.2, 0) is 20.9 Å². The number of aromatic nitrogens is 1. The Morgan fingerprint density at radius 3 is 2.90 bits per heavy atom. The van der Waals surface area contributed by atoms with Gasteiger partial charge in [0.15, 0.2) is 6.61 Å². The Morgan fingerprint density at radius 2 is 2.14 bits per heavy atom. The molecule has 1 aliphatic heterocycles. The Kier molecular flexibility index (Phi) is 7.19. The number of piperidine rings is 1. The second kappa shape index (κ2) is 10.0. The molecule has 1 atom stereocenters. The zero-order chi connectivity index (χ0) is 20.6. The number of hydrogen-bond donors (Lipinski definition) is 1. The van der Waals surface area contributed by atoms with Crippen molar-refractivity contribution in [2.24, 2.45) is 0 Å². The van der Waals surface area contributed by atoms with E-state index in [1.807, 2.05) is 31.2 Å². The second-order valence-corrected chi connectivity index (χ2v) is 7.20. The molecule has 7 nitrogen and oxygen atoms in total. The van der Waals surface area contributed by atoms with E-state index in [-0.39, 0.29) is 18.6 Å². The van der Waals surface area contributed by atoms with E-state index in [2.05, 4.69) is 15.2 Å². The van der Waals surface area contributed by atoms with Crippen LogP contribution < -0.4 is 10.1 Å². The SMILES string of the molecule is COc1ccc(C)cc1NC(=O)COC(=O)C1CCCCN1Cc1cccnc1. The lowest BCUT2D eigenvalue weighted by molar-refractivity contribution is -0.154. The minimum absolute atomic E-state index is 0.326. The van der Waals surface area contributed by atoms with Gasteiger partial charge in [-0.25, -0.2) is 0 Å². The quantitative estimate of drug-likeness (QED) is 0.724. The summed E-state index contributed by atoms with van der Waals surface area (Å²) < 4.78 is 10.6. The number of carbonyl (C=O) groups excluding carboxylic acids is 2. The molecule has 2 aromatic rings. The summed E-state index contributed by atoms with van der Waals surface area (Å²) in [4.78, 5) is 31.2. The van der Waals surface area contributed by atoms with E-state index in [0.29, 0.717) is 18.0 Å². The fraction of sp³-hybridized carbons (Fsp3) is 0.409. The molecule has 7 heteroatoms. The number of rotatable bonds is 7. The van der Waals surface area contributed by atoms with E-state index in [1.165, 1.54) is 0 Å². The average Bonchev–Trinajstić information content (AvgIpc) is 2.73. The summed E-state index contributed by atoms with van der Waals surface area (Å²) in [6.45, 7) is 3.06. The highest BCUT2D eigenvalue weighted by molar-refractivity contribution is 5.94. The van der Waals surface area contributed by atoms with E-state index in [9.17, 15) is 9.59 Å². The lowest BCUT2D eigenvalue weighted by atomic mass is 10.0. The molecule has 1 aromatic carbocycles. The maximum atomic E-state index is 12.6. The Morgan fingerprint density at radius 1 is 1.28 bits per heavy atom. The molecule has 0 radical (unpaired) electrons. The summed E-state index contributed by atoms with van der Waals surface area (Å²) in [5.74, 6) is -0.193. The average molecular weight is 397 g/mol. The highest BCUT2D eigenvalue weighted by Crippen LogP contribution is 2.25. The number of aryl methyl sites for hydroxylation is 1. The highest BCUT2D eigenvalue weighted by Gasteiger charge is 2.30. The van der Waals surface area contributed by atoms with Crippen LogP contribution in [-0.4, -0.2) is 48.1 Å². The smallest absolute Gasteiger partial charge is 0.323 e. The summed E-state index contributed by atoms with van der Waals surface area (Å²) >= 11 is 0. The van der Waals surface area contributed by atoms with Crippen LogP contribution in [0.15, 0.2) is 42.7 Å². The third-order valence-electron chi connectivity index (χ3n) is 4.97. The highest BCUT2D eigenvalue weighted by atomic mass is 16.5. The summed E-state index contributed by atoms with van der Waals surface area (Å²) in [5.41, 5.74) is 2.60. The topological polar surface area (TPSA) is 80.8 Å². The molecule has 1 N–H and O–H groups in total. The first-order valence-corrected chi connectivity index (χ1v) is 9.81. The number of nitrogens with zero attached hydrogens (tertiary/aromatic N) is 2. The maximum absolute atomic E-state index is 12.6. The lowest BCUT2D eigenvalue weighted by Crippen LogP contribution is -2.45. The summed E-state index contributed by atoms with van der Waals surface area (Å²) in [7, 11) is 1.54. The molecule has 154 valence electrons. The first kappa shape index (κ1) is 20.8. The van der Waals surface area contributed by atoms with E-state index in [4.69, 9.17) is 9.47 Å². The van der Waals surface area contributed by atoms with Crippen LogP contribution in [0.3, 0.4) is 0 Å². The van der Waals surface area contributed by atoms with Crippen LogP contribution in [0.5, 0.6) is 5.75 Å². The number of carbonyl (C=O) groups is 2. The summed E-state index contributed by atoms with van der Waals surface area (Å²) in [6.07, 6.45) is 6.27. The number of pyridine rings is 1. The molecule has 1 fully saturated rings. The van der Waals surface area contributed by atoms with Crippen molar-refractivity contribution in [3.8, 4) is 5.75 Å². The number of amides is 1. The van der Waals surface area contributed by atoms with Crippen LogP contribution in [0.4, 0.5) is 5.69 Å². The molecule has 3 rings (SSSR count). The molecule has 0 bridgehead atoms. The third-order valence-corrected chi connectivity index (χ3v) is 4.97. The van der Waals surface area contributed by atoms with Crippen LogP contribution in [0.25, 0.3) is 0 Å². The van der Waals surface area contributed by atoms with Gasteiger partial charge >= 0.3 is 5.97 Å². The van der Waals surface area contributed by atoms with Gasteiger partial charge in [0.05, 0.1) is 12.8 Å². The van der Waals surface area contributed by atoms with Gasteiger partial charge in [-0.1, -0.05) is 18.6 Å². The molecule has 1 saturated heterocycles. The molecule has 29 heavy (non-hydrogen) atoms.